The quantitative estimate of drug-likeness (QED) is 0.342. The van der Waals surface area contributed by atoms with Crippen LogP contribution in [-0.2, 0) is 9.59 Å². The van der Waals surface area contributed by atoms with Crippen molar-refractivity contribution in [1.29, 1.82) is 0 Å². The fourth-order valence-corrected chi connectivity index (χ4v) is 4.31. The van der Waals surface area contributed by atoms with Gasteiger partial charge in [-0.2, -0.15) is 0 Å². The number of barbiturate groups is 1. The SMILES string of the molecule is Cc1cc(C)cc(N2C(=O)NC(=O)/C(=C\c3cc(Br)c(O)c(I)c3)C2=O)c1. The number of hydrogen-bond donors (Lipinski definition) is 2. The minimum Gasteiger partial charge on any atom is -0.506 e. The van der Waals surface area contributed by atoms with Crippen molar-refractivity contribution in [3.8, 4) is 5.75 Å². The van der Waals surface area contributed by atoms with Crippen molar-refractivity contribution >= 4 is 68.1 Å². The van der Waals surface area contributed by atoms with Crippen LogP contribution in [0.1, 0.15) is 16.7 Å². The molecule has 3 rings (SSSR count). The summed E-state index contributed by atoms with van der Waals surface area (Å²) in [5, 5.41) is 12.0. The topological polar surface area (TPSA) is 86.7 Å². The van der Waals surface area contributed by atoms with E-state index in [0.717, 1.165) is 16.0 Å². The number of nitrogens with zero attached hydrogens (tertiary/aromatic N) is 1. The average Bonchev–Trinajstić information content (AvgIpc) is 2.55. The molecule has 2 aromatic carbocycles. The molecule has 2 aromatic rings. The Kier molecular flexibility index (Phi) is 5.38. The van der Waals surface area contributed by atoms with E-state index in [1.54, 1.807) is 24.3 Å². The van der Waals surface area contributed by atoms with Gasteiger partial charge in [-0.05, 0) is 99.4 Å². The Bertz CT molecular complexity index is 989. The van der Waals surface area contributed by atoms with Crippen LogP contribution >= 0.6 is 38.5 Å². The van der Waals surface area contributed by atoms with Gasteiger partial charge in [-0.1, -0.05) is 6.07 Å². The summed E-state index contributed by atoms with van der Waals surface area (Å²) in [4.78, 5) is 38.4. The van der Waals surface area contributed by atoms with Gasteiger partial charge < -0.3 is 5.11 Å². The third kappa shape index (κ3) is 3.91. The number of urea groups is 1. The first-order valence-corrected chi connectivity index (χ1v) is 9.72. The number of amides is 4. The van der Waals surface area contributed by atoms with E-state index in [2.05, 4.69) is 21.2 Å². The molecule has 6 nitrogen and oxygen atoms in total. The number of phenols is 1. The number of anilines is 1. The van der Waals surface area contributed by atoms with Gasteiger partial charge in [-0.25, -0.2) is 9.69 Å². The summed E-state index contributed by atoms with van der Waals surface area (Å²) in [6, 6.07) is 7.77. The van der Waals surface area contributed by atoms with Crippen LogP contribution in [0.5, 0.6) is 5.75 Å². The molecule has 1 aliphatic heterocycles. The molecule has 0 radical (unpaired) electrons. The first-order chi connectivity index (χ1) is 12.7. The first kappa shape index (κ1) is 19.6. The Morgan fingerprint density at radius 2 is 1.70 bits per heavy atom. The van der Waals surface area contributed by atoms with E-state index in [0.29, 0.717) is 19.3 Å². The van der Waals surface area contributed by atoms with Gasteiger partial charge in [0.05, 0.1) is 13.7 Å². The molecule has 27 heavy (non-hydrogen) atoms. The predicted octanol–water partition coefficient (Wildman–Crippen LogP) is 4.04. The molecule has 1 aliphatic rings. The highest BCUT2D eigenvalue weighted by atomic mass is 127. The third-order valence-corrected chi connectivity index (χ3v) is 5.34. The maximum atomic E-state index is 12.9. The smallest absolute Gasteiger partial charge is 0.335 e. The fraction of sp³-hybridized carbons (Fsp3) is 0.105. The summed E-state index contributed by atoms with van der Waals surface area (Å²) >= 11 is 5.18. The van der Waals surface area contributed by atoms with E-state index in [9.17, 15) is 19.5 Å². The van der Waals surface area contributed by atoms with Crippen molar-refractivity contribution < 1.29 is 19.5 Å². The number of hydrogen-bond acceptors (Lipinski definition) is 4. The molecule has 0 atom stereocenters. The molecule has 8 heteroatoms. The Morgan fingerprint density at radius 1 is 1.07 bits per heavy atom. The summed E-state index contributed by atoms with van der Waals surface area (Å²) in [5.74, 6) is -1.39. The van der Waals surface area contributed by atoms with Crippen LogP contribution in [0.25, 0.3) is 6.08 Å². The summed E-state index contributed by atoms with van der Waals surface area (Å²) in [6.45, 7) is 3.72. The maximum absolute atomic E-state index is 12.9. The second kappa shape index (κ2) is 7.43. The van der Waals surface area contributed by atoms with Gasteiger partial charge in [-0.15, -0.1) is 0 Å². The lowest BCUT2D eigenvalue weighted by Gasteiger charge is -2.27. The number of aromatic hydroxyl groups is 1. The highest BCUT2D eigenvalue weighted by Crippen LogP contribution is 2.32. The van der Waals surface area contributed by atoms with Gasteiger partial charge >= 0.3 is 6.03 Å². The zero-order valence-electron chi connectivity index (χ0n) is 14.3. The van der Waals surface area contributed by atoms with Crippen molar-refractivity contribution in [2.45, 2.75) is 13.8 Å². The van der Waals surface area contributed by atoms with Crippen LogP contribution in [0.15, 0.2) is 40.4 Å². The standard InChI is InChI=1S/C19H14BrIN2O4/c1-9-3-10(2)5-12(4-9)23-18(26)13(17(25)22-19(23)27)6-11-7-14(20)16(24)15(21)8-11/h3-8,24H,1-2H3,(H,22,25,27)/b13-6+. The van der Waals surface area contributed by atoms with Crippen molar-refractivity contribution in [2.24, 2.45) is 0 Å². The molecule has 0 unspecified atom stereocenters. The number of benzene rings is 2. The van der Waals surface area contributed by atoms with Crippen molar-refractivity contribution in [1.82, 2.24) is 5.32 Å². The molecule has 4 amide bonds. The van der Waals surface area contributed by atoms with Crippen LogP contribution in [-0.4, -0.2) is 23.0 Å². The van der Waals surface area contributed by atoms with Crippen LogP contribution in [0, 0.1) is 17.4 Å². The predicted molar refractivity (Wildman–Crippen MR) is 113 cm³/mol. The molecule has 0 spiro atoms. The summed E-state index contributed by atoms with van der Waals surface area (Å²) in [7, 11) is 0. The molecule has 0 bridgehead atoms. The monoisotopic (exact) mass is 540 g/mol. The maximum Gasteiger partial charge on any atom is 0.335 e. The van der Waals surface area contributed by atoms with Gasteiger partial charge in [-0.3, -0.25) is 14.9 Å². The van der Waals surface area contributed by atoms with E-state index in [1.807, 2.05) is 42.5 Å². The largest absolute Gasteiger partial charge is 0.506 e. The molecule has 138 valence electrons. The lowest BCUT2D eigenvalue weighted by molar-refractivity contribution is -0.122. The number of carbonyl (C=O) groups excluding carboxylic acids is 3. The number of aryl methyl sites for hydroxylation is 2. The number of nitrogens with one attached hydrogen (secondary N) is 1. The Hall–Kier alpha value is -2.20. The summed E-state index contributed by atoms with van der Waals surface area (Å²) in [6.07, 6.45) is 1.39. The zero-order valence-corrected chi connectivity index (χ0v) is 18.1. The number of carbonyl (C=O) groups is 3. The molecule has 1 fully saturated rings. The van der Waals surface area contributed by atoms with E-state index in [-0.39, 0.29) is 11.3 Å². The normalized spacial score (nSPS) is 16.1. The van der Waals surface area contributed by atoms with Crippen molar-refractivity contribution in [2.75, 3.05) is 4.90 Å². The Labute approximate surface area is 177 Å². The van der Waals surface area contributed by atoms with Crippen LogP contribution < -0.4 is 10.2 Å². The highest BCUT2D eigenvalue weighted by Gasteiger charge is 2.37. The molecular formula is C19H14BrIN2O4. The lowest BCUT2D eigenvalue weighted by Crippen LogP contribution is -2.54. The van der Waals surface area contributed by atoms with Gasteiger partial charge in [0.2, 0.25) is 0 Å². The average molecular weight is 541 g/mol. The van der Waals surface area contributed by atoms with Crippen molar-refractivity contribution in [3.05, 3.63) is 60.6 Å². The fourth-order valence-electron chi connectivity index (χ4n) is 2.81. The van der Waals surface area contributed by atoms with Crippen LogP contribution in [0.4, 0.5) is 10.5 Å². The van der Waals surface area contributed by atoms with Gasteiger partial charge in [0, 0.05) is 0 Å². The minimum absolute atomic E-state index is 0.0733. The number of phenolic OH excluding ortho intramolecular Hbond substituents is 1. The Balaban J connectivity index is 2.07. The summed E-state index contributed by atoms with van der Waals surface area (Å²) in [5.41, 5.74) is 2.56. The molecule has 2 N–H and O–H groups in total. The molecule has 0 saturated carbocycles. The van der Waals surface area contributed by atoms with Crippen LogP contribution in [0.3, 0.4) is 0 Å². The molecule has 0 aromatic heterocycles. The zero-order chi connectivity index (χ0) is 19.9. The number of rotatable bonds is 2. The number of imide groups is 2. The van der Waals surface area contributed by atoms with E-state index in [4.69, 9.17) is 0 Å². The third-order valence-electron chi connectivity index (χ3n) is 3.92. The second-order valence-electron chi connectivity index (χ2n) is 6.14. The second-order valence-corrected chi connectivity index (χ2v) is 8.15. The molecule has 1 saturated heterocycles. The lowest BCUT2D eigenvalue weighted by atomic mass is 10.1. The minimum atomic E-state index is -0.784. The van der Waals surface area contributed by atoms with E-state index in [1.165, 1.54) is 6.08 Å². The van der Waals surface area contributed by atoms with Crippen molar-refractivity contribution in [3.63, 3.8) is 0 Å². The van der Waals surface area contributed by atoms with Gasteiger partial charge in [0.25, 0.3) is 11.8 Å². The summed E-state index contributed by atoms with van der Waals surface area (Å²) < 4.78 is 0.992. The Morgan fingerprint density at radius 3 is 2.30 bits per heavy atom. The highest BCUT2D eigenvalue weighted by molar-refractivity contribution is 14.1. The van der Waals surface area contributed by atoms with E-state index < -0.39 is 17.8 Å². The first-order valence-electron chi connectivity index (χ1n) is 7.85. The molecular weight excluding hydrogens is 527 g/mol. The molecule has 1 heterocycles. The van der Waals surface area contributed by atoms with Gasteiger partial charge in [0.1, 0.15) is 11.3 Å². The van der Waals surface area contributed by atoms with E-state index >= 15 is 0 Å². The molecule has 0 aliphatic carbocycles. The van der Waals surface area contributed by atoms with Crippen LogP contribution in [0.2, 0.25) is 0 Å². The number of halogens is 2. The van der Waals surface area contributed by atoms with Gasteiger partial charge in [0.15, 0.2) is 0 Å².